The Morgan fingerprint density at radius 3 is 2.33 bits per heavy atom. The molecule has 0 spiro atoms. The van der Waals surface area contributed by atoms with Crippen LogP contribution < -0.4 is 10.6 Å². The van der Waals surface area contributed by atoms with Gasteiger partial charge in [0.15, 0.2) is 0 Å². The van der Waals surface area contributed by atoms with Gasteiger partial charge in [0.05, 0.1) is 0 Å². The number of benzene rings is 1. The summed E-state index contributed by atoms with van der Waals surface area (Å²) in [6.07, 6.45) is 1.56. The average molecular weight is 464 g/mol. The molecular formula is C25H41N3O5. The predicted molar refractivity (Wildman–Crippen MR) is 129 cm³/mol. The molecular weight excluding hydrogens is 422 g/mol. The smallest absolute Gasteiger partial charge is 0.408 e. The van der Waals surface area contributed by atoms with E-state index >= 15 is 0 Å². The number of alkyl carbamates (subject to hydrolysis) is 1. The fourth-order valence-electron chi connectivity index (χ4n) is 3.54. The van der Waals surface area contributed by atoms with Crippen LogP contribution in [-0.2, 0) is 14.3 Å². The Kier molecular flexibility index (Phi) is 10.7. The number of aryl methyl sites for hydroxylation is 1. The molecule has 1 aromatic rings. The number of nitrogens with zero attached hydrogens (tertiary/aromatic N) is 1. The highest BCUT2D eigenvalue weighted by Crippen LogP contribution is 2.33. The van der Waals surface area contributed by atoms with Crippen molar-refractivity contribution in [3.05, 3.63) is 29.3 Å². The molecule has 0 bridgehead atoms. The van der Waals surface area contributed by atoms with E-state index < -0.39 is 23.6 Å². The van der Waals surface area contributed by atoms with Crippen LogP contribution in [0.15, 0.2) is 18.2 Å². The van der Waals surface area contributed by atoms with Gasteiger partial charge >= 0.3 is 6.09 Å². The third-order valence-electron chi connectivity index (χ3n) is 5.34. The minimum Gasteiger partial charge on any atom is -0.507 e. The number of aromatic hydroxyl groups is 1. The Hall–Kier alpha value is -2.77. The van der Waals surface area contributed by atoms with E-state index in [-0.39, 0.29) is 30.3 Å². The lowest BCUT2D eigenvalue weighted by Crippen LogP contribution is -2.52. The number of hydrogen-bond acceptors (Lipinski definition) is 5. The van der Waals surface area contributed by atoms with Gasteiger partial charge in [-0.25, -0.2) is 4.79 Å². The second kappa shape index (κ2) is 12.5. The molecule has 3 unspecified atom stereocenters. The topological polar surface area (TPSA) is 108 Å². The fraction of sp³-hybridized carbons (Fsp3) is 0.640. The van der Waals surface area contributed by atoms with Crippen LogP contribution in [0.25, 0.3) is 0 Å². The van der Waals surface area contributed by atoms with Gasteiger partial charge in [0.2, 0.25) is 11.8 Å². The maximum absolute atomic E-state index is 13.5. The fourth-order valence-corrected chi connectivity index (χ4v) is 3.54. The molecule has 3 atom stereocenters. The molecule has 0 fully saturated rings. The Morgan fingerprint density at radius 1 is 1.15 bits per heavy atom. The molecule has 0 aromatic heterocycles. The van der Waals surface area contributed by atoms with Gasteiger partial charge in [-0.1, -0.05) is 38.5 Å². The molecule has 0 saturated carbocycles. The number of hydrogen-bond donors (Lipinski definition) is 3. The monoisotopic (exact) mass is 463 g/mol. The van der Waals surface area contributed by atoms with Crippen molar-refractivity contribution < 1.29 is 24.2 Å². The molecule has 3 amide bonds. The number of carbonyl (C=O) groups is 3. The van der Waals surface area contributed by atoms with Crippen LogP contribution in [0.5, 0.6) is 5.75 Å². The van der Waals surface area contributed by atoms with Crippen molar-refractivity contribution in [1.29, 1.82) is 0 Å². The van der Waals surface area contributed by atoms with Crippen molar-refractivity contribution >= 4 is 17.9 Å². The molecule has 0 aliphatic rings. The van der Waals surface area contributed by atoms with Crippen molar-refractivity contribution in [1.82, 2.24) is 15.5 Å². The Bertz CT molecular complexity index is 819. The van der Waals surface area contributed by atoms with Crippen LogP contribution in [0, 0.1) is 6.92 Å². The maximum Gasteiger partial charge on any atom is 0.408 e. The Balaban J connectivity index is 3.34. The lowest BCUT2D eigenvalue weighted by Gasteiger charge is -2.37. The standard InChI is InChI=1S/C25H41N3O5/c1-9-12-17(4)27-23(31)21(19-14-11-13-16(3)22(19)30)28(18(5)10-2)20(29)15-26-24(32)33-25(6,7)8/h11,13-14,17-18,21,30H,9-10,12,15H2,1-8H3,(H,26,32)(H,27,31). The van der Waals surface area contributed by atoms with Gasteiger partial charge in [0.25, 0.3) is 0 Å². The van der Waals surface area contributed by atoms with Crippen molar-refractivity contribution in [2.75, 3.05) is 6.54 Å². The van der Waals surface area contributed by atoms with Crippen LogP contribution in [0.4, 0.5) is 4.79 Å². The SMILES string of the molecule is CCCC(C)NC(=O)C(c1cccc(C)c1O)N(C(=O)CNC(=O)OC(C)(C)C)C(C)CC. The van der Waals surface area contributed by atoms with E-state index in [1.54, 1.807) is 45.9 Å². The molecule has 8 nitrogen and oxygen atoms in total. The highest BCUT2D eigenvalue weighted by molar-refractivity contribution is 5.91. The van der Waals surface area contributed by atoms with E-state index in [1.165, 1.54) is 4.90 Å². The summed E-state index contributed by atoms with van der Waals surface area (Å²) in [5.74, 6) is -0.843. The number of para-hydroxylation sites is 1. The lowest BCUT2D eigenvalue weighted by atomic mass is 9.97. The largest absolute Gasteiger partial charge is 0.507 e. The number of nitrogens with one attached hydrogen (secondary N) is 2. The van der Waals surface area contributed by atoms with E-state index in [4.69, 9.17) is 4.74 Å². The molecule has 0 aliphatic heterocycles. The number of ether oxygens (including phenoxy) is 1. The summed E-state index contributed by atoms with van der Waals surface area (Å²) >= 11 is 0. The lowest BCUT2D eigenvalue weighted by molar-refractivity contribution is -0.143. The molecule has 1 aromatic carbocycles. The minimum absolute atomic E-state index is 0.0259. The molecule has 186 valence electrons. The van der Waals surface area contributed by atoms with Crippen molar-refractivity contribution in [2.24, 2.45) is 0 Å². The second-order valence-corrected chi connectivity index (χ2v) is 9.53. The molecule has 3 N–H and O–H groups in total. The van der Waals surface area contributed by atoms with Crippen molar-refractivity contribution in [3.8, 4) is 5.75 Å². The maximum atomic E-state index is 13.5. The van der Waals surface area contributed by atoms with Gasteiger partial charge in [0.1, 0.15) is 23.9 Å². The first-order valence-corrected chi connectivity index (χ1v) is 11.7. The molecule has 0 radical (unpaired) electrons. The zero-order chi connectivity index (χ0) is 25.3. The van der Waals surface area contributed by atoms with Crippen LogP contribution in [-0.4, -0.2) is 52.1 Å². The third kappa shape index (κ3) is 8.59. The molecule has 8 heteroatoms. The van der Waals surface area contributed by atoms with E-state index in [9.17, 15) is 19.5 Å². The van der Waals surface area contributed by atoms with Gasteiger partial charge in [0, 0.05) is 17.6 Å². The zero-order valence-corrected chi connectivity index (χ0v) is 21.3. The van der Waals surface area contributed by atoms with E-state index in [1.807, 2.05) is 27.7 Å². The number of rotatable bonds is 10. The van der Waals surface area contributed by atoms with Crippen molar-refractivity contribution in [2.45, 2.75) is 98.4 Å². The summed E-state index contributed by atoms with van der Waals surface area (Å²) < 4.78 is 5.22. The third-order valence-corrected chi connectivity index (χ3v) is 5.34. The highest BCUT2D eigenvalue weighted by Gasteiger charge is 2.36. The van der Waals surface area contributed by atoms with Crippen LogP contribution >= 0.6 is 0 Å². The van der Waals surface area contributed by atoms with Crippen LogP contribution in [0.2, 0.25) is 0 Å². The summed E-state index contributed by atoms with van der Waals surface area (Å²) in [7, 11) is 0. The second-order valence-electron chi connectivity index (χ2n) is 9.53. The number of amides is 3. The normalized spacial score (nSPS) is 14.1. The summed E-state index contributed by atoms with van der Waals surface area (Å²) in [5.41, 5.74) is 0.256. The van der Waals surface area contributed by atoms with Gasteiger partial charge in [-0.2, -0.15) is 0 Å². The van der Waals surface area contributed by atoms with E-state index in [2.05, 4.69) is 10.6 Å². The van der Waals surface area contributed by atoms with Crippen LogP contribution in [0.3, 0.4) is 0 Å². The van der Waals surface area contributed by atoms with Gasteiger partial charge in [-0.05, 0) is 59.9 Å². The van der Waals surface area contributed by atoms with Gasteiger partial charge in [-0.3, -0.25) is 9.59 Å². The quantitative estimate of drug-likeness (QED) is 0.482. The molecule has 1 rings (SSSR count). The molecule has 33 heavy (non-hydrogen) atoms. The summed E-state index contributed by atoms with van der Waals surface area (Å²) in [6.45, 7) is 14.3. The van der Waals surface area contributed by atoms with Crippen molar-refractivity contribution in [3.63, 3.8) is 0 Å². The Morgan fingerprint density at radius 2 is 1.79 bits per heavy atom. The molecule has 0 saturated heterocycles. The summed E-state index contributed by atoms with van der Waals surface area (Å²) in [4.78, 5) is 40.3. The first-order chi connectivity index (χ1) is 15.3. The molecule has 0 heterocycles. The van der Waals surface area contributed by atoms with Gasteiger partial charge < -0.3 is 25.4 Å². The molecule has 0 aliphatic carbocycles. The van der Waals surface area contributed by atoms with Gasteiger partial charge in [-0.15, -0.1) is 0 Å². The van der Waals surface area contributed by atoms with E-state index in [0.717, 1.165) is 12.8 Å². The first-order valence-electron chi connectivity index (χ1n) is 11.7. The minimum atomic E-state index is -1.05. The average Bonchev–Trinajstić information content (AvgIpc) is 2.70. The predicted octanol–water partition coefficient (Wildman–Crippen LogP) is 4.20. The first kappa shape index (κ1) is 28.3. The highest BCUT2D eigenvalue weighted by atomic mass is 16.6. The zero-order valence-electron chi connectivity index (χ0n) is 21.3. The van der Waals surface area contributed by atoms with E-state index in [0.29, 0.717) is 17.5 Å². The number of phenols is 1. The number of carbonyl (C=O) groups excluding carboxylic acids is 3. The summed E-state index contributed by atoms with van der Waals surface area (Å²) in [6, 6.07) is 3.68. The Labute approximate surface area is 198 Å². The summed E-state index contributed by atoms with van der Waals surface area (Å²) in [5, 5.41) is 16.2. The van der Waals surface area contributed by atoms with Crippen LogP contribution in [0.1, 0.15) is 84.9 Å². The number of phenolic OH excluding ortho intramolecular Hbond substituents is 1.